The largest absolute Gasteiger partial charge is 0.245 e. The molecule has 0 aliphatic rings. The second-order valence-corrected chi connectivity index (χ2v) is 4.78. The van der Waals surface area contributed by atoms with Crippen molar-refractivity contribution in [3.05, 3.63) is 52.9 Å². The van der Waals surface area contributed by atoms with E-state index in [1.165, 1.54) is 24.0 Å². The molecule has 0 saturated carbocycles. The number of rotatable bonds is 2. The molecule has 0 amide bonds. The van der Waals surface area contributed by atoms with Gasteiger partial charge in [-0.15, -0.1) is 0 Å². The average molecular weight is 254 g/mol. The van der Waals surface area contributed by atoms with Crippen molar-refractivity contribution >= 4 is 23.4 Å². The molecular weight excluding hydrogens is 245 g/mol. The lowest BCUT2D eigenvalue weighted by atomic mass is 10.2. The summed E-state index contributed by atoms with van der Waals surface area (Å²) in [6, 6.07) is 9.06. The van der Waals surface area contributed by atoms with Crippen LogP contribution in [0.5, 0.6) is 0 Å². The Bertz CT molecular complexity index is 516. The Kier molecular flexibility index (Phi) is 3.46. The number of hydrogen-bond acceptors (Lipinski definition) is 2. The van der Waals surface area contributed by atoms with Gasteiger partial charge in [-0.05, 0) is 24.6 Å². The lowest BCUT2D eigenvalue weighted by Crippen LogP contribution is -1.87. The van der Waals surface area contributed by atoms with Crippen LogP contribution in [0.25, 0.3) is 0 Å². The zero-order chi connectivity index (χ0) is 11.5. The molecule has 2 rings (SSSR count). The van der Waals surface area contributed by atoms with Gasteiger partial charge in [0.05, 0.1) is 5.02 Å². The minimum Gasteiger partial charge on any atom is -0.245 e. The lowest BCUT2D eigenvalue weighted by molar-refractivity contribution is 0.588. The fourth-order valence-corrected chi connectivity index (χ4v) is 2.24. The van der Waals surface area contributed by atoms with E-state index in [1.807, 2.05) is 31.2 Å². The summed E-state index contributed by atoms with van der Waals surface area (Å²) < 4.78 is 13.5. The standard InChI is InChI=1S/C12H9ClFNS/c1-8-4-2-3-5-11(8)16-12-10(14)6-9(13)7-15-12/h2-7H,1H3. The monoisotopic (exact) mass is 253 g/mol. The molecule has 0 aliphatic heterocycles. The summed E-state index contributed by atoms with van der Waals surface area (Å²) >= 11 is 6.94. The molecule has 0 atom stereocenters. The van der Waals surface area contributed by atoms with Crippen molar-refractivity contribution in [1.82, 2.24) is 4.98 Å². The van der Waals surface area contributed by atoms with Crippen molar-refractivity contribution in [2.45, 2.75) is 16.8 Å². The molecule has 2 aromatic rings. The Labute approximate surface area is 103 Å². The molecule has 4 heteroatoms. The molecule has 0 fully saturated rings. The van der Waals surface area contributed by atoms with E-state index in [0.29, 0.717) is 10.0 Å². The molecular formula is C12H9ClFNS. The number of halogens is 2. The predicted octanol–water partition coefficient (Wildman–Crippen LogP) is 4.33. The fourth-order valence-electron chi connectivity index (χ4n) is 1.25. The van der Waals surface area contributed by atoms with E-state index in [2.05, 4.69) is 4.98 Å². The first kappa shape index (κ1) is 11.4. The molecule has 1 aromatic heterocycles. The number of benzene rings is 1. The summed E-state index contributed by atoms with van der Waals surface area (Å²) in [7, 11) is 0. The van der Waals surface area contributed by atoms with Crippen molar-refractivity contribution in [2.75, 3.05) is 0 Å². The minimum absolute atomic E-state index is 0.312. The topological polar surface area (TPSA) is 12.9 Å². The highest BCUT2D eigenvalue weighted by atomic mass is 35.5. The lowest BCUT2D eigenvalue weighted by Gasteiger charge is -2.05. The number of pyridine rings is 1. The van der Waals surface area contributed by atoms with Gasteiger partial charge in [-0.1, -0.05) is 41.6 Å². The summed E-state index contributed by atoms with van der Waals surface area (Å²) in [5.41, 5.74) is 1.10. The molecule has 16 heavy (non-hydrogen) atoms. The van der Waals surface area contributed by atoms with E-state index in [1.54, 1.807) is 0 Å². The van der Waals surface area contributed by atoms with Gasteiger partial charge in [-0.3, -0.25) is 0 Å². The van der Waals surface area contributed by atoms with Crippen LogP contribution in [-0.4, -0.2) is 4.98 Å². The SMILES string of the molecule is Cc1ccccc1Sc1ncc(Cl)cc1F. The van der Waals surface area contributed by atoms with Crippen LogP contribution in [0.3, 0.4) is 0 Å². The average Bonchev–Trinajstić information content (AvgIpc) is 2.25. The van der Waals surface area contributed by atoms with E-state index < -0.39 is 0 Å². The predicted molar refractivity (Wildman–Crippen MR) is 64.5 cm³/mol. The molecule has 0 N–H and O–H groups in total. The smallest absolute Gasteiger partial charge is 0.157 e. The first-order valence-electron chi connectivity index (χ1n) is 4.71. The Morgan fingerprint density at radius 1 is 1.31 bits per heavy atom. The summed E-state index contributed by atoms with van der Waals surface area (Å²) in [5, 5.41) is 0.658. The van der Waals surface area contributed by atoms with Gasteiger partial charge in [0, 0.05) is 11.1 Å². The third kappa shape index (κ3) is 2.54. The van der Waals surface area contributed by atoms with Crippen molar-refractivity contribution in [2.24, 2.45) is 0 Å². The van der Waals surface area contributed by atoms with Gasteiger partial charge in [-0.25, -0.2) is 9.37 Å². The zero-order valence-electron chi connectivity index (χ0n) is 8.58. The molecule has 0 spiro atoms. The van der Waals surface area contributed by atoms with Crippen LogP contribution in [0, 0.1) is 12.7 Å². The van der Waals surface area contributed by atoms with Crippen molar-refractivity contribution in [3.63, 3.8) is 0 Å². The van der Waals surface area contributed by atoms with E-state index in [0.717, 1.165) is 10.5 Å². The minimum atomic E-state index is -0.388. The number of aromatic nitrogens is 1. The molecule has 0 unspecified atom stereocenters. The van der Waals surface area contributed by atoms with E-state index in [9.17, 15) is 4.39 Å². The van der Waals surface area contributed by atoms with Gasteiger partial charge in [0.2, 0.25) is 0 Å². The summed E-state index contributed by atoms with van der Waals surface area (Å²) in [4.78, 5) is 4.97. The number of aryl methyl sites for hydroxylation is 1. The maximum Gasteiger partial charge on any atom is 0.157 e. The summed E-state index contributed by atoms with van der Waals surface area (Å²) in [6.07, 6.45) is 1.45. The van der Waals surface area contributed by atoms with Gasteiger partial charge in [0.25, 0.3) is 0 Å². The molecule has 0 bridgehead atoms. The Morgan fingerprint density at radius 3 is 2.75 bits per heavy atom. The maximum absolute atomic E-state index is 13.5. The Hall–Kier alpha value is -1.06. The summed E-state index contributed by atoms with van der Waals surface area (Å²) in [5.74, 6) is -0.388. The van der Waals surface area contributed by atoms with Gasteiger partial charge < -0.3 is 0 Å². The van der Waals surface area contributed by atoms with Gasteiger partial charge in [0.15, 0.2) is 5.82 Å². The van der Waals surface area contributed by atoms with Crippen LogP contribution in [0.2, 0.25) is 5.02 Å². The normalized spacial score (nSPS) is 10.4. The van der Waals surface area contributed by atoms with Crippen LogP contribution in [-0.2, 0) is 0 Å². The fraction of sp³-hybridized carbons (Fsp3) is 0.0833. The number of nitrogens with zero attached hydrogens (tertiary/aromatic N) is 1. The van der Waals surface area contributed by atoms with Crippen molar-refractivity contribution in [3.8, 4) is 0 Å². The van der Waals surface area contributed by atoms with Crippen LogP contribution in [0.1, 0.15) is 5.56 Å². The quantitative estimate of drug-likeness (QED) is 0.790. The van der Waals surface area contributed by atoms with Crippen LogP contribution in [0.4, 0.5) is 4.39 Å². The first-order valence-corrected chi connectivity index (χ1v) is 5.91. The second-order valence-electron chi connectivity index (χ2n) is 3.31. The van der Waals surface area contributed by atoms with Crippen LogP contribution in [0.15, 0.2) is 46.5 Å². The summed E-state index contributed by atoms with van der Waals surface area (Å²) in [6.45, 7) is 1.98. The van der Waals surface area contributed by atoms with Gasteiger partial charge in [0.1, 0.15) is 5.03 Å². The zero-order valence-corrected chi connectivity index (χ0v) is 10.1. The third-order valence-electron chi connectivity index (χ3n) is 2.07. The maximum atomic E-state index is 13.5. The van der Waals surface area contributed by atoms with E-state index in [4.69, 9.17) is 11.6 Å². The van der Waals surface area contributed by atoms with Crippen molar-refractivity contribution in [1.29, 1.82) is 0 Å². The molecule has 1 nitrogen and oxygen atoms in total. The van der Waals surface area contributed by atoms with E-state index >= 15 is 0 Å². The first-order chi connectivity index (χ1) is 7.66. The molecule has 0 radical (unpaired) electrons. The van der Waals surface area contributed by atoms with Crippen molar-refractivity contribution < 1.29 is 4.39 Å². The molecule has 0 saturated heterocycles. The second kappa shape index (κ2) is 4.85. The van der Waals surface area contributed by atoms with Crippen LogP contribution >= 0.6 is 23.4 Å². The Morgan fingerprint density at radius 2 is 2.06 bits per heavy atom. The van der Waals surface area contributed by atoms with Crippen LogP contribution < -0.4 is 0 Å². The van der Waals surface area contributed by atoms with Gasteiger partial charge >= 0.3 is 0 Å². The molecule has 82 valence electrons. The Balaban J connectivity index is 2.31. The van der Waals surface area contributed by atoms with E-state index in [-0.39, 0.29) is 5.82 Å². The third-order valence-corrected chi connectivity index (χ3v) is 3.45. The molecule has 1 heterocycles. The highest BCUT2D eigenvalue weighted by Gasteiger charge is 2.07. The molecule has 1 aromatic carbocycles. The molecule has 0 aliphatic carbocycles. The highest BCUT2D eigenvalue weighted by molar-refractivity contribution is 7.99. The number of hydrogen-bond donors (Lipinski definition) is 0. The van der Waals surface area contributed by atoms with Gasteiger partial charge in [-0.2, -0.15) is 0 Å². The highest BCUT2D eigenvalue weighted by Crippen LogP contribution is 2.30.